The minimum atomic E-state index is 0.249. The number of halogens is 1. The van der Waals surface area contributed by atoms with E-state index in [0.717, 1.165) is 29.4 Å². The Labute approximate surface area is 106 Å². The van der Waals surface area contributed by atoms with Crippen molar-refractivity contribution in [3.8, 4) is 0 Å². The van der Waals surface area contributed by atoms with E-state index in [-0.39, 0.29) is 6.04 Å². The van der Waals surface area contributed by atoms with E-state index in [2.05, 4.69) is 22.2 Å². The van der Waals surface area contributed by atoms with Crippen LogP contribution in [0.5, 0.6) is 0 Å². The van der Waals surface area contributed by atoms with Crippen LogP contribution in [-0.4, -0.2) is 16.5 Å². The van der Waals surface area contributed by atoms with Gasteiger partial charge in [-0.25, -0.2) is 4.98 Å². The molecular formula is C13H16ClN3. The number of imidazole rings is 1. The summed E-state index contributed by atoms with van der Waals surface area (Å²) in [7, 11) is 0. The fourth-order valence-corrected chi connectivity index (χ4v) is 2.08. The number of aromatic nitrogens is 2. The molecule has 2 rings (SSSR count). The lowest BCUT2D eigenvalue weighted by atomic mass is 10.1. The highest BCUT2D eigenvalue weighted by Crippen LogP contribution is 2.21. The topological polar surface area (TPSA) is 40.7 Å². The lowest BCUT2D eigenvalue weighted by Gasteiger charge is -2.15. The van der Waals surface area contributed by atoms with Crippen LogP contribution in [0.2, 0.25) is 5.02 Å². The van der Waals surface area contributed by atoms with Gasteiger partial charge in [0, 0.05) is 36.4 Å². The molecule has 0 bridgehead atoms. The van der Waals surface area contributed by atoms with Gasteiger partial charge in [0.05, 0.1) is 0 Å². The molecule has 0 aliphatic heterocycles. The number of rotatable bonds is 5. The van der Waals surface area contributed by atoms with E-state index < -0.39 is 0 Å². The quantitative estimate of drug-likeness (QED) is 0.855. The van der Waals surface area contributed by atoms with E-state index in [4.69, 9.17) is 11.6 Å². The van der Waals surface area contributed by atoms with Crippen LogP contribution in [0.1, 0.15) is 24.4 Å². The summed E-state index contributed by atoms with van der Waals surface area (Å²) in [6.07, 6.45) is 4.50. The summed E-state index contributed by atoms with van der Waals surface area (Å²) in [5.41, 5.74) is 1.13. The highest BCUT2D eigenvalue weighted by Gasteiger charge is 2.07. The fraction of sp³-hybridized carbons (Fsp3) is 0.308. The van der Waals surface area contributed by atoms with Crippen molar-refractivity contribution >= 4 is 11.6 Å². The monoisotopic (exact) mass is 249 g/mol. The molecule has 0 spiro atoms. The third-order valence-corrected chi connectivity index (χ3v) is 3.08. The maximum atomic E-state index is 6.14. The number of hydrogen-bond donors (Lipinski definition) is 2. The summed E-state index contributed by atoms with van der Waals surface area (Å²) in [5, 5.41) is 4.24. The van der Waals surface area contributed by atoms with Crippen molar-refractivity contribution in [2.75, 3.05) is 6.54 Å². The first kappa shape index (κ1) is 12.1. The van der Waals surface area contributed by atoms with Crippen molar-refractivity contribution in [2.45, 2.75) is 19.4 Å². The zero-order valence-corrected chi connectivity index (χ0v) is 10.5. The summed E-state index contributed by atoms with van der Waals surface area (Å²) >= 11 is 6.14. The van der Waals surface area contributed by atoms with Gasteiger partial charge in [-0.2, -0.15) is 0 Å². The standard InChI is InChI=1S/C13H16ClN3/c1-10(11-4-2-3-5-12(11)14)15-7-6-13-16-8-9-17-13/h2-5,8-10,15H,6-7H2,1H3,(H,16,17). The summed E-state index contributed by atoms with van der Waals surface area (Å²) in [4.78, 5) is 7.27. The maximum Gasteiger partial charge on any atom is 0.107 e. The zero-order valence-electron chi connectivity index (χ0n) is 9.78. The van der Waals surface area contributed by atoms with Crippen LogP contribution in [0.15, 0.2) is 36.7 Å². The molecule has 0 radical (unpaired) electrons. The Morgan fingerprint density at radius 2 is 2.24 bits per heavy atom. The Balaban J connectivity index is 1.85. The van der Waals surface area contributed by atoms with Crippen LogP contribution >= 0.6 is 11.6 Å². The normalized spacial score (nSPS) is 12.6. The van der Waals surface area contributed by atoms with Crippen molar-refractivity contribution in [3.05, 3.63) is 53.1 Å². The molecular weight excluding hydrogens is 234 g/mol. The Morgan fingerprint density at radius 1 is 1.41 bits per heavy atom. The van der Waals surface area contributed by atoms with E-state index in [1.807, 2.05) is 30.5 Å². The summed E-state index contributed by atoms with van der Waals surface area (Å²) in [5.74, 6) is 1.00. The van der Waals surface area contributed by atoms with E-state index in [0.29, 0.717) is 0 Å². The molecule has 90 valence electrons. The molecule has 0 aliphatic carbocycles. The molecule has 17 heavy (non-hydrogen) atoms. The van der Waals surface area contributed by atoms with Crippen LogP contribution in [0, 0.1) is 0 Å². The molecule has 0 fully saturated rings. The highest BCUT2D eigenvalue weighted by atomic mass is 35.5. The molecule has 2 aromatic rings. The predicted molar refractivity (Wildman–Crippen MR) is 70.2 cm³/mol. The van der Waals surface area contributed by atoms with Crippen molar-refractivity contribution in [3.63, 3.8) is 0 Å². The number of hydrogen-bond acceptors (Lipinski definition) is 2. The van der Waals surface area contributed by atoms with Crippen LogP contribution < -0.4 is 5.32 Å². The second kappa shape index (κ2) is 5.84. The molecule has 1 aromatic heterocycles. The van der Waals surface area contributed by atoms with Crippen molar-refractivity contribution in [2.24, 2.45) is 0 Å². The molecule has 3 nitrogen and oxygen atoms in total. The minimum Gasteiger partial charge on any atom is -0.349 e. The van der Waals surface area contributed by atoms with Gasteiger partial charge in [0.25, 0.3) is 0 Å². The first-order valence-corrected chi connectivity index (χ1v) is 6.11. The molecule has 4 heteroatoms. The summed E-state index contributed by atoms with van der Waals surface area (Å²) in [6.45, 7) is 2.99. The van der Waals surface area contributed by atoms with Crippen LogP contribution in [0.4, 0.5) is 0 Å². The zero-order chi connectivity index (χ0) is 12.1. The smallest absolute Gasteiger partial charge is 0.107 e. The molecule has 0 aliphatic rings. The minimum absolute atomic E-state index is 0.249. The lowest BCUT2D eigenvalue weighted by Crippen LogP contribution is -2.21. The van der Waals surface area contributed by atoms with Gasteiger partial charge < -0.3 is 10.3 Å². The number of benzene rings is 1. The van der Waals surface area contributed by atoms with Gasteiger partial charge >= 0.3 is 0 Å². The molecule has 1 unspecified atom stereocenters. The fourth-order valence-electron chi connectivity index (χ4n) is 1.78. The number of nitrogens with zero attached hydrogens (tertiary/aromatic N) is 1. The number of aromatic amines is 1. The molecule has 0 saturated carbocycles. The van der Waals surface area contributed by atoms with E-state index in [1.54, 1.807) is 6.20 Å². The first-order valence-electron chi connectivity index (χ1n) is 5.73. The predicted octanol–water partition coefficient (Wildman–Crippen LogP) is 2.96. The number of H-pyrrole nitrogens is 1. The maximum absolute atomic E-state index is 6.14. The second-order valence-corrected chi connectivity index (χ2v) is 4.39. The summed E-state index contributed by atoms with van der Waals surface area (Å²) in [6, 6.07) is 8.17. The molecule has 1 aromatic carbocycles. The first-order chi connectivity index (χ1) is 8.27. The van der Waals surface area contributed by atoms with Gasteiger partial charge in [-0.05, 0) is 18.6 Å². The van der Waals surface area contributed by atoms with E-state index >= 15 is 0 Å². The van der Waals surface area contributed by atoms with Gasteiger partial charge in [0.2, 0.25) is 0 Å². The molecule has 2 N–H and O–H groups in total. The van der Waals surface area contributed by atoms with Gasteiger partial charge in [0.1, 0.15) is 5.82 Å². The van der Waals surface area contributed by atoms with Gasteiger partial charge in [-0.15, -0.1) is 0 Å². The van der Waals surface area contributed by atoms with Crippen molar-refractivity contribution in [1.82, 2.24) is 15.3 Å². The average molecular weight is 250 g/mol. The molecule has 0 amide bonds. The average Bonchev–Trinajstić information content (AvgIpc) is 2.82. The van der Waals surface area contributed by atoms with Crippen molar-refractivity contribution < 1.29 is 0 Å². The Morgan fingerprint density at radius 3 is 2.94 bits per heavy atom. The molecule has 1 heterocycles. The van der Waals surface area contributed by atoms with Gasteiger partial charge in [-0.1, -0.05) is 29.8 Å². The van der Waals surface area contributed by atoms with Crippen LogP contribution in [0.25, 0.3) is 0 Å². The third kappa shape index (κ3) is 3.32. The van der Waals surface area contributed by atoms with Gasteiger partial charge in [0.15, 0.2) is 0 Å². The van der Waals surface area contributed by atoms with Crippen LogP contribution in [0.3, 0.4) is 0 Å². The van der Waals surface area contributed by atoms with Crippen LogP contribution in [-0.2, 0) is 6.42 Å². The van der Waals surface area contributed by atoms with Gasteiger partial charge in [-0.3, -0.25) is 0 Å². The van der Waals surface area contributed by atoms with E-state index in [9.17, 15) is 0 Å². The Bertz CT molecular complexity index is 453. The Kier molecular flexibility index (Phi) is 4.18. The Hall–Kier alpha value is -1.32. The van der Waals surface area contributed by atoms with E-state index in [1.165, 1.54) is 0 Å². The highest BCUT2D eigenvalue weighted by molar-refractivity contribution is 6.31. The second-order valence-electron chi connectivity index (χ2n) is 3.98. The largest absolute Gasteiger partial charge is 0.349 e. The summed E-state index contributed by atoms with van der Waals surface area (Å²) < 4.78 is 0. The van der Waals surface area contributed by atoms with Crippen molar-refractivity contribution in [1.29, 1.82) is 0 Å². The SMILES string of the molecule is CC(NCCc1ncc[nH]1)c1ccccc1Cl. The number of nitrogens with one attached hydrogen (secondary N) is 2. The third-order valence-electron chi connectivity index (χ3n) is 2.74. The lowest BCUT2D eigenvalue weighted by molar-refractivity contribution is 0.571. The molecule has 1 atom stereocenters. The molecule has 0 saturated heterocycles.